The highest BCUT2D eigenvalue weighted by atomic mass is 16.5. The summed E-state index contributed by atoms with van der Waals surface area (Å²) in [5.74, 6) is 1.41. The Morgan fingerprint density at radius 1 is 1.00 bits per heavy atom. The molecule has 2 bridgehead atoms. The van der Waals surface area contributed by atoms with Gasteiger partial charge in [-0.05, 0) is 66.6 Å². The van der Waals surface area contributed by atoms with Gasteiger partial charge in [0.1, 0.15) is 29.7 Å². The van der Waals surface area contributed by atoms with Crippen molar-refractivity contribution in [3.8, 4) is 11.5 Å². The van der Waals surface area contributed by atoms with Crippen LogP contribution in [0.2, 0.25) is 0 Å². The summed E-state index contributed by atoms with van der Waals surface area (Å²) in [6.07, 6.45) is 7.45. The third-order valence-electron chi connectivity index (χ3n) is 11.9. The zero-order chi connectivity index (χ0) is 35.8. The van der Waals surface area contributed by atoms with Crippen LogP contribution in [0, 0.1) is 11.8 Å². The molecule has 276 valence electrons. The number of benzene rings is 3. The van der Waals surface area contributed by atoms with Gasteiger partial charge in [-0.1, -0.05) is 55.3 Å². The molecule has 1 amide bonds. The van der Waals surface area contributed by atoms with E-state index in [4.69, 9.17) is 9.47 Å². The Kier molecular flexibility index (Phi) is 12.3. The zero-order valence-corrected chi connectivity index (χ0v) is 29.9. The lowest BCUT2D eigenvalue weighted by molar-refractivity contribution is -0.946. The van der Waals surface area contributed by atoms with Crippen LogP contribution in [0.3, 0.4) is 0 Å². The van der Waals surface area contributed by atoms with Crippen LogP contribution >= 0.6 is 0 Å². The standard InChI is InChI=1S/C41H55N3O7/c1-29(42-24-38(48)32-12-14-37(47)36(23-32)43-28-46)31-13-15-39(33(22-31)26-45)50-21-7-18-44-19-16-30(17-20-44)40(25-44)51-27-41(49,35-10-5-6-11-35)34-8-3-2-4-9-34/h2-4,8-9,12-15,22-23,28-30,35,38,40,42,45,48-49H,5-7,10-11,16-21,24-27H2,1H3,(H-,43,46,47)/p+1/t29?,30?,38-,40-,41+,44?/m0/s1. The molecular weight excluding hydrogens is 646 g/mol. The molecule has 0 aromatic heterocycles. The third kappa shape index (κ3) is 8.76. The average Bonchev–Trinajstić information content (AvgIpc) is 3.72. The molecule has 3 saturated heterocycles. The van der Waals surface area contributed by atoms with Gasteiger partial charge >= 0.3 is 0 Å². The first-order chi connectivity index (χ1) is 24.7. The molecule has 4 atom stereocenters. The number of ether oxygens (including phenoxy) is 2. The first-order valence-corrected chi connectivity index (χ1v) is 18.8. The predicted molar refractivity (Wildman–Crippen MR) is 196 cm³/mol. The minimum absolute atomic E-state index is 0.0694. The van der Waals surface area contributed by atoms with E-state index in [-0.39, 0.29) is 42.7 Å². The SMILES string of the molecule is CC(NC[C@H](O)c1ccc(O)c(NC=O)c1)c1ccc(OCCC[N+]23CCC(CC2)[C@@H](OC[C@@](O)(c2ccccc2)C2CCCC2)C3)c(CO)c1. The number of carbonyl (C=O) groups excluding carboxylic acids is 1. The van der Waals surface area contributed by atoms with E-state index >= 15 is 0 Å². The van der Waals surface area contributed by atoms with E-state index in [0.717, 1.165) is 79.5 Å². The Balaban J connectivity index is 0.988. The molecule has 3 aromatic carbocycles. The van der Waals surface area contributed by atoms with Gasteiger partial charge in [0.15, 0.2) is 0 Å². The fraction of sp³-hybridized carbons (Fsp3) is 0.537. The number of hydrogen-bond acceptors (Lipinski definition) is 8. The van der Waals surface area contributed by atoms with Crippen molar-refractivity contribution >= 4 is 12.1 Å². The Morgan fingerprint density at radius 2 is 1.75 bits per heavy atom. The van der Waals surface area contributed by atoms with Crippen LogP contribution in [0.15, 0.2) is 66.7 Å². The number of piperidine rings is 3. The second-order valence-electron chi connectivity index (χ2n) is 15.1. The molecule has 3 aliphatic heterocycles. The van der Waals surface area contributed by atoms with E-state index < -0.39 is 11.7 Å². The molecule has 1 aliphatic carbocycles. The summed E-state index contributed by atoms with van der Waals surface area (Å²) in [4.78, 5) is 10.8. The number of carbonyl (C=O) groups is 1. The van der Waals surface area contributed by atoms with Crippen LogP contribution in [0.4, 0.5) is 5.69 Å². The highest BCUT2D eigenvalue weighted by molar-refractivity contribution is 5.75. The maximum atomic E-state index is 12.0. The predicted octanol–water partition coefficient (Wildman–Crippen LogP) is 5.31. The molecule has 3 aromatic rings. The lowest BCUT2D eigenvalue weighted by Crippen LogP contribution is -2.65. The number of rotatable bonds is 18. The molecule has 4 fully saturated rings. The van der Waals surface area contributed by atoms with Gasteiger partial charge in [0, 0.05) is 43.3 Å². The zero-order valence-electron chi connectivity index (χ0n) is 29.9. The Hall–Kier alpha value is -3.51. The fourth-order valence-corrected chi connectivity index (χ4v) is 8.70. The van der Waals surface area contributed by atoms with Gasteiger partial charge in [-0.15, -0.1) is 0 Å². The van der Waals surface area contributed by atoms with E-state index in [1.807, 2.05) is 43.3 Å². The number of aliphatic hydroxyl groups is 3. The van der Waals surface area contributed by atoms with E-state index in [9.17, 15) is 25.2 Å². The minimum atomic E-state index is -0.938. The maximum Gasteiger partial charge on any atom is 0.211 e. The Morgan fingerprint density at radius 3 is 2.47 bits per heavy atom. The molecule has 0 radical (unpaired) electrons. The first-order valence-electron chi connectivity index (χ1n) is 18.8. The number of amides is 1. The molecule has 6 N–H and O–H groups in total. The van der Waals surface area contributed by atoms with Crippen molar-refractivity contribution in [3.05, 3.63) is 89.0 Å². The fourth-order valence-electron chi connectivity index (χ4n) is 8.70. The van der Waals surface area contributed by atoms with E-state index in [0.29, 0.717) is 36.9 Å². The molecule has 7 rings (SSSR count). The summed E-state index contributed by atoms with van der Waals surface area (Å²) in [6, 6.07) is 20.5. The number of fused-ring (bicyclic) bond motifs is 3. The van der Waals surface area contributed by atoms with Gasteiger partial charge in [0.2, 0.25) is 6.41 Å². The third-order valence-corrected chi connectivity index (χ3v) is 11.9. The molecule has 0 spiro atoms. The smallest absolute Gasteiger partial charge is 0.211 e. The number of quaternary nitrogens is 1. The van der Waals surface area contributed by atoms with Crippen LogP contribution < -0.4 is 15.4 Å². The van der Waals surface area contributed by atoms with Crippen LogP contribution in [0.1, 0.15) is 86.3 Å². The monoisotopic (exact) mass is 702 g/mol. The van der Waals surface area contributed by atoms with Crippen LogP contribution in [-0.2, 0) is 21.7 Å². The van der Waals surface area contributed by atoms with Gasteiger partial charge < -0.3 is 45.0 Å². The molecule has 1 saturated carbocycles. The molecule has 4 aliphatic rings. The van der Waals surface area contributed by atoms with Crippen LogP contribution in [-0.4, -0.2) is 83.4 Å². The molecule has 51 heavy (non-hydrogen) atoms. The molecule has 1 unspecified atom stereocenters. The van der Waals surface area contributed by atoms with Crippen molar-refractivity contribution in [1.29, 1.82) is 0 Å². The number of phenols is 1. The number of anilines is 1. The maximum absolute atomic E-state index is 12.0. The second kappa shape index (κ2) is 16.9. The number of nitrogens with zero attached hydrogens (tertiary/aromatic N) is 1. The van der Waals surface area contributed by atoms with Crippen LogP contribution in [0.5, 0.6) is 11.5 Å². The summed E-state index contributed by atoms with van der Waals surface area (Å²) in [7, 11) is 0. The molecule has 10 nitrogen and oxygen atoms in total. The number of aliphatic hydroxyl groups excluding tert-OH is 2. The summed E-state index contributed by atoms with van der Waals surface area (Å²) < 4.78 is 14.0. The van der Waals surface area contributed by atoms with Crippen LogP contribution in [0.25, 0.3) is 0 Å². The van der Waals surface area contributed by atoms with Crippen molar-refractivity contribution in [1.82, 2.24) is 5.32 Å². The van der Waals surface area contributed by atoms with Gasteiger partial charge in [-0.3, -0.25) is 4.79 Å². The van der Waals surface area contributed by atoms with Crippen molar-refractivity contribution in [2.45, 2.75) is 82.3 Å². The lowest BCUT2D eigenvalue weighted by Gasteiger charge is -2.53. The number of phenolic OH excluding ortho intramolecular Hbond substituents is 1. The van der Waals surface area contributed by atoms with Gasteiger partial charge in [-0.2, -0.15) is 0 Å². The quantitative estimate of drug-likeness (QED) is 0.0454. The van der Waals surface area contributed by atoms with Gasteiger partial charge in [0.25, 0.3) is 0 Å². The Labute approximate surface area is 302 Å². The minimum Gasteiger partial charge on any atom is -0.506 e. The van der Waals surface area contributed by atoms with E-state index in [2.05, 4.69) is 22.8 Å². The number of hydrogen-bond donors (Lipinski definition) is 6. The van der Waals surface area contributed by atoms with Crippen molar-refractivity contribution in [2.75, 3.05) is 51.3 Å². The topological polar surface area (TPSA) is 141 Å². The molecule has 10 heteroatoms. The second-order valence-corrected chi connectivity index (χ2v) is 15.1. The highest BCUT2D eigenvalue weighted by Crippen LogP contribution is 2.43. The number of nitrogens with one attached hydrogen (secondary N) is 2. The number of aromatic hydroxyl groups is 1. The highest BCUT2D eigenvalue weighted by Gasteiger charge is 2.48. The average molecular weight is 703 g/mol. The van der Waals surface area contributed by atoms with E-state index in [1.54, 1.807) is 12.1 Å². The van der Waals surface area contributed by atoms with E-state index in [1.165, 1.54) is 18.9 Å². The van der Waals surface area contributed by atoms with Crippen molar-refractivity contribution in [2.24, 2.45) is 11.8 Å². The summed E-state index contributed by atoms with van der Waals surface area (Å²) in [6.45, 7) is 7.34. The lowest BCUT2D eigenvalue weighted by atomic mass is 9.80. The van der Waals surface area contributed by atoms with Gasteiger partial charge in [0.05, 0.1) is 51.2 Å². The molecular formula is C41H56N3O7+. The first kappa shape index (κ1) is 37.3. The largest absolute Gasteiger partial charge is 0.506 e. The normalized spacial score (nSPS) is 24.2. The van der Waals surface area contributed by atoms with Gasteiger partial charge in [-0.25, -0.2) is 0 Å². The summed E-state index contributed by atoms with van der Waals surface area (Å²) >= 11 is 0. The van der Waals surface area contributed by atoms with Crippen molar-refractivity contribution in [3.63, 3.8) is 0 Å². The molecule has 3 heterocycles. The Bertz CT molecular complexity index is 1570. The summed E-state index contributed by atoms with van der Waals surface area (Å²) in [5, 5.41) is 48.6. The summed E-state index contributed by atoms with van der Waals surface area (Å²) in [5.41, 5.74) is 2.52. The van der Waals surface area contributed by atoms with Crippen molar-refractivity contribution < 1.29 is 39.2 Å².